The highest BCUT2D eigenvalue weighted by Gasteiger charge is 2.22. The molecule has 2 heterocycles. The molecule has 1 amide bonds. The third-order valence-corrected chi connectivity index (χ3v) is 4.88. The second-order valence-corrected chi connectivity index (χ2v) is 7.03. The molecule has 0 aliphatic carbocycles. The van der Waals surface area contributed by atoms with Crippen LogP contribution in [-0.2, 0) is 0 Å². The van der Waals surface area contributed by atoms with Crippen molar-refractivity contribution in [3.63, 3.8) is 0 Å². The number of aryl methyl sites for hydroxylation is 1. The minimum atomic E-state index is -0.0902. The first-order valence-corrected chi connectivity index (χ1v) is 10.2. The molecule has 146 valence electrons. The average Bonchev–Trinajstić information content (AvgIpc) is 3.25. The standard InChI is InChI=1S/C21H23N3O3S/c1-15-18(20(28-3)23-19(22-15)17-11-7-13-27-17)21(25)24(2)12-8-14-26-16-9-5-4-6-10-16/h4-7,9-11,13H,8,12,14H2,1-3H3. The van der Waals surface area contributed by atoms with Crippen molar-refractivity contribution in [1.82, 2.24) is 14.9 Å². The van der Waals surface area contributed by atoms with Gasteiger partial charge in [0.05, 0.1) is 24.1 Å². The quantitative estimate of drug-likeness (QED) is 0.321. The van der Waals surface area contributed by atoms with Crippen LogP contribution in [0.2, 0.25) is 0 Å². The highest BCUT2D eigenvalue weighted by molar-refractivity contribution is 7.98. The fraction of sp³-hybridized carbons (Fsp3) is 0.286. The van der Waals surface area contributed by atoms with E-state index in [9.17, 15) is 4.79 Å². The van der Waals surface area contributed by atoms with Gasteiger partial charge in [-0.05, 0) is 43.9 Å². The van der Waals surface area contributed by atoms with Crippen LogP contribution in [0.3, 0.4) is 0 Å². The van der Waals surface area contributed by atoms with Gasteiger partial charge in [0, 0.05) is 13.6 Å². The van der Waals surface area contributed by atoms with E-state index in [1.807, 2.05) is 43.5 Å². The van der Waals surface area contributed by atoms with Crippen LogP contribution >= 0.6 is 11.8 Å². The molecule has 0 N–H and O–H groups in total. The molecule has 28 heavy (non-hydrogen) atoms. The Balaban J connectivity index is 1.65. The number of carbonyl (C=O) groups is 1. The number of carbonyl (C=O) groups excluding carboxylic acids is 1. The Kier molecular flexibility index (Phi) is 6.71. The van der Waals surface area contributed by atoms with Crippen molar-refractivity contribution in [3.8, 4) is 17.3 Å². The Morgan fingerprint density at radius 3 is 2.64 bits per heavy atom. The second-order valence-electron chi connectivity index (χ2n) is 6.24. The minimum absolute atomic E-state index is 0.0902. The van der Waals surface area contributed by atoms with Gasteiger partial charge in [0.15, 0.2) is 11.6 Å². The lowest BCUT2D eigenvalue weighted by atomic mass is 10.2. The maximum Gasteiger partial charge on any atom is 0.258 e. The Morgan fingerprint density at radius 2 is 1.96 bits per heavy atom. The Labute approximate surface area is 168 Å². The fourth-order valence-corrected chi connectivity index (χ4v) is 3.37. The minimum Gasteiger partial charge on any atom is -0.494 e. The highest BCUT2D eigenvalue weighted by Crippen LogP contribution is 2.26. The number of rotatable bonds is 8. The summed E-state index contributed by atoms with van der Waals surface area (Å²) in [5, 5.41) is 0.649. The molecular weight excluding hydrogens is 374 g/mol. The largest absolute Gasteiger partial charge is 0.494 e. The molecule has 3 rings (SSSR count). The first-order chi connectivity index (χ1) is 13.6. The topological polar surface area (TPSA) is 68.5 Å². The van der Waals surface area contributed by atoms with Gasteiger partial charge >= 0.3 is 0 Å². The molecule has 0 atom stereocenters. The summed E-state index contributed by atoms with van der Waals surface area (Å²) in [6, 6.07) is 13.2. The summed E-state index contributed by atoms with van der Waals surface area (Å²) in [5.74, 6) is 1.82. The number of furan rings is 1. The molecule has 0 fully saturated rings. The molecular formula is C21H23N3O3S. The van der Waals surface area contributed by atoms with Crippen molar-refractivity contribution < 1.29 is 13.9 Å². The number of thioether (sulfide) groups is 1. The van der Waals surface area contributed by atoms with Crippen molar-refractivity contribution >= 4 is 17.7 Å². The Bertz CT molecular complexity index is 914. The molecule has 0 unspecified atom stereocenters. The zero-order valence-corrected chi connectivity index (χ0v) is 17.0. The van der Waals surface area contributed by atoms with Crippen molar-refractivity contribution in [3.05, 3.63) is 60.0 Å². The predicted octanol–water partition coefficient (Wildman–Crippen LogP) is 4.31. The number of amides is 1. The summed E-state index contributed by atoms with van der Waals surface area (Å²) in [5.41, 5.74) is 1.18. The maximum atomic E-state index is 13.0. The normalized spacial score (nSPS) is 10.7. The van der Waals surface area contributed by atoms with Crippen LogP contribution in [0.15, 0.2) is 58.2 Å². The van der Waals surface area contributed by atoms with E-state index in [4.69, 9.17) is 9.15 Å². The number of nitrogens with zero attached hydrogens (tertiary/aromatic N) is 3. The number of benzene rings is 1. The summed E-state index contributed by atoms with van der Waals surface area (Å²) in [6.45, 7) is 2.95. The smallest absolute Gasteiger partial charge is 0.258 e. The van der Waals surface area contributed by atoms with Gasteiger partial charge in [0.2, 0.25) is 0 Å². The molecule has 2 aromatic heterocycles. The van der Waals surface area contributed by atoms with Crippen LogP contribution in [0.5, 0.6) is 5.75 Å². The molecule has 0 bridgehead atoms. The van der Waals surface area contributed by atoms with E-state index >= 15 is 0 Å². The van der Waals surface area contributed by atoms with Gasteiger partial charge in [-0.15, -0.1) is 11.8 Å². The first kappa shape index (κ1) is 19.9. The van der Waals surface area contributed by atoms with Crippen LogP contribution in [0.25, 0.3) is 11.6 Å². The molecule has 3 aromatic rings. The van der Waals surface area contributed by atoms with E-state index in [-0.39, 0.29) is 5.91 Å². The lowest BCUT2D eigenvalue weighted by Crippen LogP contribution is -2.30. The molecule has 1 aromatic carbocycles. The lowest BCUT2D eigenvalue weighted by Gasteiger charge is -2.19. The molecule has 0 spiro atoms. The number of para-hydroxylation sites is 1. The fourth-order valence-electron chi connectivity index (χ4n) is 2.76. The number of ether oxygens (including phenoxy) is 1. The van der Waals surface area contributed by atoms with Crippen molar-refractivity contribution in [2.75, 3.05) is 26.5 Å². The molecule has 7 heteroatoms. The van der Waals surface area contributed by atoms with Gasteiger partial charge < -0.3 is 14.1 Å². The third-order valence-electron chi connectivity index (χ3n) is 4.20. The van der Waals surface area contributed by atoms with Crippen LogP contribution in [-0.4, -0.2) is 47.2 Å². The van der Waals surface area contributed by atoms with Crippen LogP contribution in [0, 0.1) is 6.92 Å². The first-order valence-electron chi connectivity index (χ1n) is 9.00. The van der Waals surface area contributed by atoms with Crippen LogP contribution < -0.4 is 4.74 Å². The molecule has 6 nitrogen and oxygen atoms in total. The van der Waals surface area contributed by atoms with Crippen molar-refractivity contribution in [1.29, 1.82) is 0 Å². The van der Waals surface area contributed by atoms with Gasteiger partial charge in [-0.2, -0.15) is 0 Å². The Hall–Kier alpha value is -2.80. The van der Waals surface area contributed by atoms with E-state index in [2.05, 4.69) is 9.97 Å². The Morgan fingerprint density at radius 1 is 1.18 bits per heavy atom. The number of hydrogen-bond acceptors (Lipinski definition) is 6. The highest BCUT2D eigenvalue weighted by atomic mass is 32.2. The van der Waals surface area contributed by atoms with Gasteiger partial charge in [0.1, 0.15) is 10.8 Å². The van der Waals surface area contributed by atoms with Crippen LogP contribution in [0.1, 0.15) is 22.5 Å². The molecule has 0 saturated heterocycles. The number of aromatic nitrogens is 2. The van der Waals surface area contributed by atoms with Crippen molar-refractivity contribution in [2.45, 2.75) is 18.4 Å². The van der Waals surface area contributed by atoms with Gasteiger partial charge in [-0.3, -0.25) is 4.79 Å². The molecule has 0 radical (unpaired) electrons. The predicted molar refractivity (Wildman–Crippen MR) is 110 cm³/mol. The van der Waals surface area contributed by atoms with Gasteiger partial charge in [0.25, 0.3) is 5.91 Å². The summed E-state index contributed by atoms with van der Waals surface area (Å²) < 4.78 is 11.1. The third kappa shape index (κ3) is 4.72. The van der Waals surface area contributed by atoms with E-state index in [0.29, 0.717) is 41.0 Å². The second kappa shape index (κ2) is 9.41. The molecule has 0 aliphatic rings. The summed E-state index contributed by atoms with van der Waals surface area (Å²) in [6.07, 6.45) is 4.21. The summed E-state index contributed by atoms with van der Waals surface area (Å²) >= 11 is 1.43. The van der Waals surface area contributed by atoms with E-state index in [1.54, 1.807) is 30.3 Å². The van der Waals surface area contributed by atoms with Gasteiger partial charge in [-0.1, -0.05) is 18.2 Å². The van der Waals surface area contributed by atoms with Crippen molar-refractivity contribution in [2.24, 2.45) is 0 Å². The molecule has 0 aliphatic heterocycles. The summed E-state index contributed by atoms with van der Waals surface area (Å²) in [7, 11) is 1.79. The zero-order valence-electron chi connectivity index (χ0n) is 16.2. The average molecular weight is 398 g/mol. The van der Waals surface area contributed by atoms with E-state index in [1.165, 1.54) is 11.8 Å². The maximum absolute atomic E-state index is 13.0. The zero-order chi connectivity index (χ0) is 19.9. The summed E-state index contributed by atoms with van der Waals surface area (Å²) in [4.78, 5) is 23.7. The number of hydrogen-bond donors (Lipinski definition) is 0. The molecule has 0 saturated carbocycles. The van der Waals surface area contributed by atoms with Crippen LogP contribution in [0.4, 0.5) is 0 Å². The monoisotopic (exact) mass is 397 g/mol. The lowest BCUT2D eigenvalue weighted by molar-refractivity contribution is 0.0782. The SMILES string of the molecule is CSc1nc(-c2ccco2)nc(C)c1C(=O)N(C)CCCOc1ccccc1. The van der Waals surface area contributed by atoms with E-state index < -0.39 is 0 Å². The van der Waals surface area contributed by atoms with E-state index in [0.717, 1.165) is 12.2 Å². The van der Waals surface area contributed by atoms with Gasteiger partial charge in [-0.25, -0.2) is 9.97 Å².